The lowest BCUT2D eigenvalue weighted by Crippen LogP contribution is -2.25. The van der Waals surface area contributed by atoms with Crippen LogP contribution in [0.5, 0.6) is 0 Å². The van der Waals surface area contributed by atoms with Crippen LogP contribution in [0.2, 0.25) is 0 Å². The highest BCUT2D eigenvalue weighted by atomic mass is 32.1. The average molecular weight is 297 g/mol. The van der Waals surface area contributed by atoms with Crippen LogP contribution in [0.1, 0.15) is 62.0 Å². The molecule has 2 rings (SSSR count). The van der Waals surface area contributed by atoms with E-state index >= 15 is 0 Å². The maximum absolute atomic E-state index is 12.0. The van der Waals surface area contributed by atoms with E-state index in [4.69, 9.17) is 14.5 Å². The normalized spacial score (nSPS) is 20.5. The molecule has 0 bridgehead atoms. The third kappa shape index (κ3) is 2.74. The Morgan fingerprint density at radius 2 is 2.15 bits per heavy atom. The van der Waals surface area contributed by atoms with E-state index in [1.165, 1.54) is 4.88 Å². The number of rotatable bonds is 6. The highest BCUT2D eigenvalue weighted by Gasteiger charge is 2.37. The molecule has 0 fully saturated rings. The summed E-state index contributed by atoms with van der Waals surface area (Å²) in [7, 11) is 0. The zero-order valence-corrected chi connectivity index (χ0v) is 13.5. The van der Waals surface area contributed by atoms with Gasteiger partial charge in [-0.25, -0.2) is 4.98 Å². The summed E-state index contributed by atoms with van der Waals surface area (Å²) < 4.78 is 11.0. The van der Waals surface area contributed by atoms with Crippen LogP contribution in [0.25, 0.3) is 0 Å². The van der Waals surface area contributed by atoms with Crippen molar-refractivity contribution in [1.82, 2.24) is 4.98 Å². The molecule has 1 aromatic heterocycles. The third-order valence-corrected chi connectivity index (χ3v) is 5.25. The molecule has 0 spiro atoms. The number of aromatic nitrogens is 1. The molecule has 0 saturated heterocycles. The van der Waals surface area contributed by atoms with Gasteiger partial charge in [0.15, 0.2) is 0 Å². The Hall–Kier alpha value is -0.940. The van der Waals surface area contributed by atoms with Crippen LogP contribution >= 0.6 is 11.3 Å². The van der Waals surface area contributed by atoms with Gasteiger partial charge < -0.3 is 9.47 Å². The second-order valence-electron chi connectivity index (χ2n) is 5.19. The van der Waals surface area contributed by atoms with Gasteiger partial charge in [-0.1, -0.05) is 6.92 Å². The molecular weight excluding hydrogens is 274 g/mol. The fourth-order valence-electron chi connectivity index (χ4n) is 2.56. The molecule has 1 aromatic rings. The third-order valence-electron chi connectivity index (χ3n) is 3.88. The monoisotopic (exact) mass is 297 g/mol. The summed E-state index contributed by atoms with van der Waals surface area (Å²) >= 11 is 1.69. The number of nitrogens with zero attached hydrogens (tertiary/aromatic N) is 1. The molecule has 1 heterocycles. The predicted octanol–water partition coefficient (Wildman–Crippen LogP) is 3.40. The standard InChI is InChI=1S/C15H23NO3S/c1-5-15(4,19-7-3)14-16-12-10(13(17)18-6-2)8-9-11(12)20-14/h10H,5-9H2,1-4H3. The number of carbonyl (C=O) groups excluding carboxylic acids is 1. The van der Waals surface area contributed by atoms with Crippen molar-refractivity contribution in [2.24, 2.45) is 0 Å². The van der Waals surface area contributed by atoms with Gasteiger partial charge in [0.25, 0.3) is 0 Å². The fourth-order valence-corrected chi connectivity index (χ4v) is 3.87. The molecule has 0 aliphatic heterocycles. The van der Waals surface area contributed by atoms with E-state index in [-0.39, 0.29) is 17.5 Å². The Morgan fingerprint density at radius 1 is 1.40 bits per heavy atom. The van der Waals surface area contributed by atoms with Crippen molar-refractivity contribution < 1.29 is 14.3 Å². The number of thiazole rings is 1. The van der Waals surface area contributed by atoms with E-state index < -0.39 is 0 Å². The van der Waals surface area contributed by atoms with E-state index in [1.807, 2.05) is 13.8 Å². The van der Waals surface area contributed by atoms with E-state index in [2.05, 4.69) is 13.8 Å². The Morgan fingerprint density at radius 3 is 2.75 bits per heavy atom. The molecule has 0 saturated carbocycles. The lowest BCUT2D eigenvalue weighted by molar-refractivity contribution is -0.145. The van der Waals surface area contributed by atoms with Crippen LogP contribution in [0.4, 0.5) is 0 Å². The molecule has 2 unspecified atom stereocenters. The van der Waals surface area contributed by atoms with Crippen LogP contribution in [-0.2, 0) is 26.3 Å². The van der Waals surface area contributed by atoms with Crippen LogP contribution in [-0.4, -0.2) is 24.2 Å². The summed E-state index contributed by atoms with van der Waals surface area (Å²) in [5, 5.41) is 0.987. The molecule has 0 radical (unpaired) electrons. The van der Waals surface area contributed by atoms with Gasteiger partial charge in [-0.05, 0) is 40.0 Å². The summed E-state index contributed by atoms with van der Waals surface area (Å²) in [6.45, 7) is 9.10. The molecule has 20 heavy (non-hydrogen) atoms. The quantitative estimate of drug-likeness (QED) is 0.755. The molecule has 4 nitrogen and oxygen atoms in total. The van der Waals surface area contributed by atoms with Gasteiger partial charge in [-0.3, -0.25) is 4.79 Å². The summed E-state index contributed by atoms with van der Waals surface area (Å²) in [6.07, 6.45) is 2.62. The second kappa shape index (κ2) is 6.22. The SMILES string of the molecule is CCOC(=O)C1CCc2sc(C(C)(CC)OCC)nc21. The maximum Gasteiger partial charge on any atom is 0.315 e. The van der Waals surface area contributed by atoms with E-state index in [9.17, 15) is 4.79 Å². The Labute approximate surface area is 124 Å². The molecule has 0 N–H and O–H groups in total. The van der Waals surface area contributed by atoms with Crippen LogP contribution in [0, 0.1) is 0 Å². The van der Waals surface area contributed by atoms with E-state index in [1.54, 1.807) is 11.3 Å². The summed E-state index contributed by atoms with van der Waals surface area (Å²) in [5.41, 5.74) is 0.575. The highest BCUT2D eigenvalue weighted by molar-refractivity contribution is 7.12. The zero-order valence-electron chi connectivity index (χ0n) is 12.7. The number of carbonyl (C=O) groups is 1. The highest BCUT2D eigenvalue weighted by Crippen LogP contribution is 2.41. The Bertz CT molecular complexity index is 485. The summed E-state index contributed by atoms with van der Waals surface area (Å²) in [5.74, 6) is -0.324. The minimum Gasteiger partial charge on any atom is -0.465 e. The minimum absolute atomic E-state index is 0.141. The number of hydrogen-bond acceptors (Lipinski definition) is 5. The summed E-state index contributed by atoms with van der Waals surface area (Å²) in [6, 6.07) is 0. The van der Waals surface area contributed by atoms with Crippen molar-refractivity contribution >= 4 is 17.3 Å². The number of hydrogen-bond donors (Lipinski definition) is 0. The van der Waals surface area contributed by atoms with Gasteiger partial charge in [-0.2, -0.15) is 0 Å². The lowest BCUT2D eigenvalue weighted by Gasteiger charge is -2.25. The predicted molar refractivity (Wildman–Crippen MR) is 79.1 cm³/mol. The lowest BCUT2D eigenvalue weighted by atomic mass is 10.0. The summed E-state index contributed by atoms with van der Waals surface area (Å²) in [4.78, 5) is 17.9. The topological polar surface area (TPSA) is 48.4 Å². The van der Waals surface area contributed by atoms with Crippen LogP contribution in [0.3, 0.4) is 0 Å². The first-order valence-electron chi connectivity index (χ1n) is 7.36. The number of esters is 1. The van der Waals surface area contributed by atoms with Gasteiger partial charge >= 0.3 is 5.97 Å². The first-order valence-corrected chi connectivity index (χ1v) is 8.18. The Balaban J connectivity index is 2.26. The average Bonchev–Trinajstić information content (AvgIpc) is 2.98. The number of aryl methyl sites for hydroxylation is 1. The number of fused-ring (bicyclic) bond motifs is 1. The van der Waals surface area contributed by atoms with Crippen molar-refractivity contribution in [3.05, 3.63) is 15.6 Å². The van der Waals surface area contributed by atoms with Gasteiger partial charge in [0.05, 0.1) is 12.3 Å². The maximum atomic E-state index is 12.0. The van der Waals surface area contributed by atoms with Crippen LogP contribution in [0.15, 0.2) is 0 Å². The molecule has 2 atom stereocenters. The molecule has 0 amide bonds. The second-order valence-corrected chi connectivity index (χ2v) is 6.27. The zero-order chi connectivity index (χ0) is 14.8. The van der Waals surface area contributed by atoms with Crippen molar-refractivity contribution in [3.8, 4) is 0 Å². The fraction of sp³-hybridized carbons (Fsp3) is 0.733. The first kappa shape index (κ1) is 15.4. The minimum atomic E-state index is -0.344. The van der Waals surface area contributed by atoms with Gasteiger partial charge in [0.2, 0.25) is 0 Å². The van der Waals surface area contributed by atoms with Crippen molar-refractivity contribution in [2.75, 3.05) is 13.2 Å². The largest absolute Gasteiger partial charge is 0.465 e. The molecule has 1 aliphatic carbocycles. The number of ether oxygens (including phenoxy) is 2. The van der Waals surface area contributed by atoms with Crippen molar-refractivity contribution in [1.29, 1.82) is 0 Å². The first-order chi connectivity index (χ1) is 9.55. The van der Waals surface area contributed by atoms with Gasteiger partial charge in [0, 0.05) is 11.5 Å². The van der Waals surface area contributed by atoms with Crippen molar-refractivity contribution in [3.63, 3.8) is 0 Å². The van der Waals surface area contributed by atoms with E-state index in [0.717, 1.165) is 30.0 Å². The van der Waals surface area contributed by atoms with E-state index in [0.29, 0.717) is 13.2 Å². The molecule has 112 valence electrons. The molecule has 5 heteroatoms. The van der Waals surface area contributed by atoms with Crippen molar-refractivity contribution in [2.45, 2.75) is 58.5 Å². The van der Waals surface area contributed by atoms with Gasteiger partial charge in [-0.15, -0.1) is 11.3 Å². The molecule has 0 aromatic carbocycles. The smallest absolute Gasteiger partial charge is 0.315 e. The van der Waals surface area contributed by atoms with Crippen LogP contribution < -0.4 is 0 Å². The van der Waals surface area contributed by atoms with Gasteiger partial charge in [0.1, 0.15) is 16.5 Å². The molecular formula is C15H23NO3S. The Kier molecular flexibility index (Phi) is 4.81. The molecule has 1 aliphatic rings.